The van der Waals surface area contributed by atoms with Gasteiger partial charge in [0.25, 0.3) is 5.91 Å². The number of carbonyl (C=O) groups is 1. The van der Waals surface area contributed by atoms with Gasteiger partial charge in [-0.05, 0) is 55.3 Å². The topological polar surface area (TPSA) is 140 Å². The van der Waals surface area contributed by atoms with Crippen molar-refractivity contribution < 1.29 is 17.9 Å². The highest BCUT2D eigenvalue weighted by Gasteiger charge is 2.27. The number of ether oxygens (including phenoxy) is 1. The molecule has 0 spiro atoms. The number of methoxy groups -OCH3 is 1. The van der Waals surface area contributed by atoms with Crippen LogP contribution in [0.25, 0.3) is 11.4 Å². The zero-order chi connectivity index (χ0) is 20.6. The normalized spacial score (nSPS) is 13.9. The van der Waals surface area contributed by atoms with E-state index in [1.165, 1.54) is 25.3 Å². The monoisotopic (exact) mass is 413 g/mol. The van der Waals surface area contributed by atoms with Gasteiger partial charge in [0, 0.05) is 17.2 Å². The molecule has 1 fully saturated rings. The first-order chi connectivity index (χ1) is 13.8. The molecule has 1 aromatic heterocycles. The van der Waals surface area contributed by atoms with E-state index in [-0.39, 0.29) is 16.2 Å². The summed E-state index contributed by atoms with van der Waals surface area (Å²) in [7, 11) is -2.55. The van der Waals surface area contributed by atoms with Gasteiger partial charge in [0.05, 0.1) is 17.6 Å². The Bertz CT molecular complexity index is 1170. The minimum atomic E-state index is -3.95. The average molecular weight is 413 g/mol. The van der Waals surface area contributed by atoms with Gasteiger partial charge in [-0.1, -0.05) is 0 Å². The molecule has 150 valence electrons. The van der Waals surface area contributed by atoms with Gasteiger partial charge in [-0.2, -0.15) is 5.10 Å². The molecule has 1 amide bonds. The van der Waals surface area contributed by atoms with Gasteiger partial charge < -0.3 is 10.1 Å². The number of amides is 1. The smallest absolute Gasteiger partial charge is 0.259 e. The van der Waals surface area contributed by atoms with Crippen molar-refractivity contribution in [3.8, 4) is 17.1 Å². The molecule has 0 saturated heterocycles. The molecule has 0 radical (unpaired) electrons. The summed E-state index contributed by atoms with van der Waals surface area (Å²) < 4.78 is 28.3. The number of nitrogens with zero attached hydrogens (tertiary/aromatic N) is 2. The second kappa shape index (κ2) is 7.30. The number of rotatable bonds is 6. The zero-order valence-corrected chi connectivity index (χ0v) is 16.4. The van der Waals surface area contributed by atoms with E-state index in [1.807, 2.05) is 0 Å². The summed E-state index contributed by atoms with van der Waals surface area (Å²) in [6.07, 6.45) is 2.27. The Hall–Kier alpha value is -3.24. The number of primary sulfonamides is 1. The van der Waals surface area contributed by atoms with Crippen LogP contribution in [-0.2, 0) is 10.0 Å². The molecule has 4 rings (SSSR count). The van der Waals surface area contributed by atoms with Crippen molar-refractivity contribution in [3.63, 3.8) is 0 Å². The zero-order valence-electron chi connectivity index (χ0n) is 15.5. The van der Waals surface area contributed by atoms with Crippen molar-refractivity contribution in [2.24, 2.45) is 5.14 Å². The van der Waals surface area contributed by atoms with Crippen LogP contribution < -0.4 is 15.2 Å². The number of anilines is 1. The number of hydrogen-bond donors (Lipinski definition) is 3. The maximum absolute atomic E-state index is 12.7. The number of sulfonamides is 1. The van der Waals surface area contributed by atoms with Crippen molar-refractivity contribution in [1.82, 2.24) is 15.2 Å². The van der Waals surface area contributed by atoms with Gasteiger partial charge >= 0.3 is 0 Å². The number of carbonyl (C=O) groups excluding carboxylic acids is 1. The van der Waals surface area contributed by atoms with Crippen LogP contribution in [0.3, 0.4) is 0 Å². The number of aromatic nitrogens is 3. The SMILES string of the molecule is COc1ccc(S(N)(=O)=O)cc1C(=O)Nc1ccc(-c2n[nH]c(C3CC3)n2)cc1. The lowest BCUT2D eigenvalue weighted by molar-refractivity contribution is 0.102. The van der Waals surface area contributed by atoms with Gasteiger partial charge in [0.15, 0.2) is 5.82 Å². The number of nitrogens with two attached hydrogens (primary N) is 1. The lowest BCUT2D eigenvalue weighted by Gasteiger charge is -2.11. The van der Waals surface area contributed by atoms with E-state index in [2.05, 4.69) is 20.5 Å². The molecule has 4 N–H and O–H groups in total. The van der Waals surface area contributed by atoms with Crippen molar-refractivity contribution in [2.75, 3.05) is 12.4 Å². The number of nitrogens with one attached hydrogen (secondary N) is 2. The highest BCUT2D eigenvalue weighted by Crippen LogP contribution is 2.38. The van der Waals surface area contributed by atoms with E-state index in [0.717, 1.165) is 24.2 Å². The third-order valence-corrected chi connectivity index (χ3v) is 5.52. The molecular formula is C19H19N5O4S. The van der Waals surface area contributed by atoms with Crippen molar-refractivity contribution in [3.05, 3.63) is 53.9 Å². The Kier molecular flexibility index (Phi) is 4.81. The second-order valence-electron chi connectivity index (χ2n) is 6.76. The molecule has 0 unspecified atom stereocenters. The lowest BCUT2D eigenvalue weighted by atomic mass is 10.1. The second-order valence-corrected chi connectivity index (χ2v) is 8.32. The Labute approximate surface area is 167 Å². The third-order valence-electron chi connectivity index (χ3n) is 4.61. The van der Waals surface area contributed by atoms with E-state index >= 15 is 0 Å². The lowest BCUT2D eigenvalue weighted by Crippen LogP contribution is -2.16. The van der Waals surface area contributed by atoms with Crippen LogP contribution in [0.2, 0.25) is 0 Å². The van der Waals surface area contributed by atoms with Crippen LogP contribution in [0, 0.1) is 0 Å². The van der Waals surface area contributed by atoms with E-state index in [4.69, 9.17) is 9.88 Å². The standard InChI is InChI=1S/C19H19N5O4S/c1-28-16-9-8-14(29(20,26)27)10-15(16)19(25)21-13-6-4-12(5-7-13)18-22-17(23-24-18)11-2-3-11/h4-11H,2-3H2,1H3,(H,21,25)(H2,20,26,27)(H,22,23,24). The Morgan fingerprint density at radius 2 is 1.93 bits per heavy atom. The summed E-state index contributed by atoms with van der Waals surface area (Å²) in [5.41, 5.74) is 1.41. The van der Waals surface area contributed by atoms with E-state index < -0.39 is 15.9 Å². The highest BCUT2D eigenvalue weighted by atomic mass is 32.2. The molecule has 1 aliphatic rings. The van der Waals surface area contributed by atoms with Crippen molar-refractivity contribution >= 4 is 21.6 Å². The van der Waals surface area contributed by atoms with Gasteiger partial charge in [0.1, 0.15) is 11.6 Å². The fourth-order valence-electron chi connectivity index (χ4n) is 2.89. The van der Waals surface area contributed by atoms with Crippen LogP contribution in [0.4, 0.5) is 5.69 Å². The summed E-state index contributed by atoms with van der Waals surface area (Å²) in [5.74, 6) is 1.71. The summed E-state index contributed by atoms with van der Waals surface area (Å²) >= 11 is 0. The van der Waals surface area contributed by atoms with Crippen molar-refractivity contribution in [1.29, 1.82) is 0 Å². The van der Waals surface area contributed by atoms with Gasteiger partial charge in [-0.25, -0.2) is 18.5 Å². The van der Waals surface area contributed by atoms with Crippen molar-refractivity contribution in [2.45, 2.75) is 23.7 Å². The Morgan fingerprint density at radius 3 is 2.55 bits per heavy atom. The highest BCUT2D eigenvalue weighted by molar-refractivity contribution is 7.89. The summed E-state index contributed by atoms with van der Waals surface area (Å²) in [6.45, 7) is 0. The first kappa shape index (κ1) is 19.1. The van der Waals surface area contributed by atoms with Crippen LogP contribution >= 0.6 is 0 Å². The fourth-order valence-corrected chi connectivity index (χ4v) is 3.43. The van der Waals surface area contributed by atoms with E-state index in [1.54, 1.807) is 24.3 Å². The Balaban J connectivity index is 1.53. The average Bonchev–Trinajstić information content (AvgIpc) is 3.44. The molecule has 1 saturated carbocycles. The Morgan fingerprint density at radius 1 is 1.21 bits per heavy atom. The summed E-state index contributed by atoms with van der Waals surface area (Å²) in [5, 5.41) is 15.1. The molecule has 9 nitrogen and oxygen atoms in total. The molecule has 1 aliphatic carbocycles. The molecule has 10 heteroatoms. The first-order valence-corrected chi connectivity index (χ1v) is 10.4. The van der Waals surface area contributed by atoms with Crippen LogP contribution in [0.5, 0.6) is 5.75 Å². The number of hydrogen-bond acceptors (Lipinski definition) is 6. The minimum absolute atomic E-state index is 0.0612. The van der Waals surface area contributed by atoms with Gasteiger partial charge in [-0.15, -0.1) is 0 Å². The number of aromatic amines is 1. The molecule has 2 aromatic carbocycles. The molecular weight excluding hydrogens is 394 g/mol. The summed E-state index contributed by atoms with van der Waals surface area (Å²) in [4.78, 5) is 17.0. The van der Waals surface area contributed by atoms with E-state index in [0.29, 0.717) is 17.4 Å². The quantitative estimate of drug-likeness (QED) is 0.566. The number of benzene rings is 2. The van der Waals surface area contributed by atoms with Gasteiger partial charge in [-0.3, -0.25) is 9.89 Å². The maximum atomic E-state index is 12.7. The van der Waals surface area contributed by atoms with Crippen LogP contribution in [0.1, 0.15) is 34.9 Å². The number of H-pyrrole nitrogens is 1. The van der Waals surface area contributed by atoms with Crippen LogP contribution in [0.15, 0.2) is 47.4 Å². The van der Waals surface area contributed by atoms with E-state index in [9.17, 15) is 13.2 Å². The molecule has 0 bridgehead atoms. The predicted octanol–water partition coefficient (Wildman–Crippen LogP) is 2.26. The summed E-state index contributed by atoms with van der Waals surface area (Å²) in [6, 6.07) is 10.9. The molecule has 0 aliphatic heterocycles. The molecule has 0 atom stereocenters. The largest absolute Gasteiger partial charge is 0.496 e. The van der Waals surface area contributed by atoms with Gasteiger partial charge in [0.2, 0.25) is 10.0 Å². The minimum Gasteiger partial charge on any atom is -0.496 e. The van der Waals surface area contributed by atoms with Crippen LogP contribution in [-0.4, -0.2) is 36.6 Å². The molecule has 3 aromatic rings. The molecule has 1 heterocycles. The fraction of sp³-hybridized carbons (Fsp3) is 0.211. The predicted molar refractivity (Wildman–Crippen MR) is 106 cm³/mol. The first-order valence-electron chi connectivity index (χ1n) is 8.90. The third kappa shape index (κ3) is 4.13. The molecule has 29 heavy (non-hydrogen) atoms. The maximum Gasteiger partial charge on any atom is 0.259 e.